The number of nitrogens with one attached hydrogen (secondary N) is 4. The fourth-order valence-electron chi connectivity index (χ4n) is 11.0. The minimum absolute atomic E-state index is 0.0885. The van der Waals surface area contributed by atoms with Crippen LogP contribution >= 0.6 is 44.2 Å². The molecule has 646 valence electrons. The highest BCUT2D eigenvalue weighted by Gasteiger charge is 2.27. The van der Waals surface area contributed by atoms with Crippen molar-refractivity contribution in [2.45, 2.75) is 203 Å². The standard InChI is InChI=1S/C35H36N2O3S2.C28H33NO3Si.C25H25NO3.C15H20INO3/c1-26(38)33(36-34(39)40-35(2,3)4)25-31-15-13-29(14-16-31)10-9-27-5-7-28(8-6-27)11-12-30-17-19-32(20-18-30)37-21-23-41-42-24-22-37;1-21(30)26(29-27(31)32-28(2,3)4)20-25-16-14-23(15-17-25)9-8-22-10-12-24(13-11-22)18-19-33(5,6)7;1-6-19-7-9-20(10-8-19)11-12-21-13-15-22(16-14-21)17-23(18(2)27)26-24(28)29-25(3,4)5;1-10(18)13(17-14(19)20-15(2,3)4)9-11-5-7-12(16)8-6-11/h5-8,13-20,33H,21-25H2,1-4H3,(H,36,39);10-17,26H,20H2,1-7H3,(H,29,31);1,7-10,13-16,23H,17H2,2-5H3,(H,26,28);5-8,13H,9H2,1-4H3,(H,17,19). The number of amides is 4. The number of carbonyl (C=O) groups excluding carboxylic acids is 8. The van der Waals surface area contributed by atoms with Crippen molar-refractivity contribution in [3.63, 3.8) is 0 Å². The molecule has 0 aliphatic carbocycles. The van der Waals surface area contributed by atoms with Crippen LogP contribution in [0.3, 0.4) is 0 Å². The number of ether oxygens (including phenoxy) is 4. The lowest BCUT2D eigenvalue weighted by atomic mass is 10.0. The monoisotopic (exact) mass is 1830 g/mol. The molecular formula is C103H114IN5O12S2Si. The number of halogens is 1. The second kappa shape index (κ2) is 49.0. The molecule has 1 aliphatic heterocycles. The first-order valence-electron chi connectivity index (χ1n) is 40.8. The van der Waals surface area contributed by atoms with Gasteiger partial charge in [-0.05, 0) is 327 Å². The first-order valence-corrected chi connectivity index (χ1v) is 47.8. The van der Waals surface area contributed by atoms with Crippen LogP contribution in [0.5, 0.6) is 0 Å². The predicted molar refractivity (Wildman–Crippen MR) is 514 cm³/mol. The topological polar surface area (TPSA) is 225 Å². The first kappa shape index (κ1) is 101. The van der Waals surface area contributed by atoms with E-state index in [-0.39, 0.29) is 23.1 Å². The molecular weight excluding hydrogens is 1720 g/mol. The number of carbonyl (C=O) groups is 8. The van der Waals surface area contributed by atoms with Crippen LogP contribution < -0.4 is 26.2 Å². The molecule has 0 radical (unpaired) electrons. The van der Waals surface area contributed by atoms with Crippen molar-refractivity contribution >= 4 is 105 Å². The lowest BCUT2D eigenvalue weighted by Gasteiger charge is -2.22. The number of benzene rings is 8. The van der Waals surface area contributed by atoms with Crippen molar-refractivity contribution in [2.75, 3.05) is 29.5 Å². The maximum Gasteiger partial charge on any atom is 0.408 e. The molecule has 0 saturated carbocycles. The number of terminal acetylenes is 1. The van der Waals surface area contributed by atoms with Crippen molar-refractivity contribution in [2.24, 2.45) is 0 Å². The summed E-state index contributed by atoms with van der Waals surface area (Å²) in [5, 5.41) is 10.6. The van der Waals surface area contributed by atoms with Crippen LogP contribution in [0, 0.1) is 74.7 Å². The number of ketones is 4. The van der Waals surface area contributed by atoms with Crippen LogP contribution in [-0.4, -0.2) is 127 Å². The summed E-state index contributed by atoms with van der Waals surface area (Å²) >= 11 is 2.22. The molecule has 9 rings (SSSR count). The van der Waals surface area contributed by atoms with E-state index in [1.54, 1.807) is 83.1 Å². The largest absolute Gasteiger partial charge is 0.444 e. The highest BCUT2D eigenvalue weighted by Crippen LogP contribution is 2.27. The van der Waals surface area contributed by atoms with E-state index >= 15 is 0 Å². The van der Waals surface area contributed by atoms with Crippen LogP contribution in [0.2, 0.25) is 19.6 Å². The average Bonchev–Trinajstić information content (AvgIpc) is 1.12. The van der Waals surface area contributed by atoms with Gasteiger partial charge in [0.15, 0.2) is 23.1 Å². The Morgan fingerprint density at radius 3 is 0.758 bits per heavy atom. The Labute approximate surface area is 757 Å². The minimum Gasteiger partial charge on any atom is -0.444 e. The molecule has 4 amide bonds. The van der Waals surface area contributed by atoms with Gasteiger partial charge in [-0.2, -0.15) is 0 Å². The van der Waals surface area contributed by atoms with E-state index in [1.165, 1.54) is 33.4 Å². The van der Waals surface area contributed by atoms with Crippen molar-refractivity contribution in [1.29, 1.82) is 0 Å². The van der Waals surface area contributed by atoms with Gasteiger partial charge in [-0.1, -0.05) is 149 Å². The van der Waals surface area contributed by atoms with Crippen LogP contribution in [0.15, 0.2) is 194 Å². The minimum atomic E-state index is -1.39. The molecule has 124 heavy (non-hydrogen) atoms. The molecule has 1 fully saturated rings. The van der Waals surface area contributed by atoms with Crippen molar-refractivity contribution < 1.29 is 57.3 Å². The van der Waals surface area contributed by atoms with E-state index in [0.717, 1.165) is 106 Å². The molecule has 8 aromatic carbocycles. The average molecular weight is 1830 g/mol. The van der Waals surface area contributed by atoms with Gasteiger partial charge in [-0.25, -0.2) is 19.2 Å². The van der Waals surface area contributed by atoms with E-state index in [2.05, 4.69) is 157 Å². The molecule has 8 aromatic rings. The Balaban J connectivity index is 0.000000264. The van der Waals surface area contributed by atoms with Gasteiger partial charge in [0.2, 0.25) is 0 Å². The Hall–Kier alpha value is -11.7. The maximum absolute atomic E-state index is 12.1. The fourth-order valence-corrected chi connectivity index (χ4v) is 13.9. The molecule has 4 N–H and O–H groups in total. The lowest BCUT2D eigenvalue weighted by molar-refractivity contribution is -0.119. The van der Waals surface area contributed by atoms with Crippen LogP contribution in [-0.2, 0) is 63.8 Å². The molecule has 4 atom stereocenters. The quantitative estimate of drug-likeness (QED) is 0.0219. The van der Waals surface area contributed by atoms with Crippen molar-refractivity contribution in [3.8, 4) is 71.2 Å². The Morgan fingerprint density at radius 1 is 0.347 bits per heavy atom. The van der Waals surface area contributed by atoms with Crippen LogP contribution in [0.25, 0.3) is 0 Å². The van der Waals surface area contributed by atoms with Gasteiger partial charge in [0.25, 0.3) is 0 Å². The third-order valence-corrected chi connectivity index (χ3v) is 21.2. The first-order chi connectivity index (χ1) is 58.3. The number of hydrogen-bond donors (Lipinski definition) is 4. The number of anilines is 1. The van der Waals surface area contributed by atoms with E-state index in [9.17, 15) is 38.4 Å². The van der Waals surface area contributed by atoms with Gasteiger partial charge in [0, 0.05) is 89.5 Å². The van der Waals surface area contributed by atoms with Crippen LogP contribution in [0.4, 0.5) is 24.9 Å². The Bertz CT molecular complexity index is 5320. The van der Waals surface area contributed by atoms with Gasteiger partial charge < -0.3 is 45.1 Å². The van der Waals surface area contributed by atoms with Gasteiger partial charge in [-0.3, -0.25) is 19.2 Å². The SMILES string of the molecule is C#Cc1ccc(C#Cc2ccc(CC(NC(=O)OC(C)(C)C)C(C)=O)cc2)cc1.CC(=O)C(Cc1ccc(C#Cc2ccc(C#C[Si](C)(C)C)cc2)cc1)NC(=O)OC(C)(C)C.CC(=O)C(Cc1ccc(C#Cc2ccc(C#Cc3ccc(N4CCSSCC4)cc3)cc2)cc1)NC(=O)OC(C)(C)C.CC(=O)C(Cc1ccc(I)cc1)NC(=O)OC(C)(C)C. The normalized spacial score (nSPS) is 12.6. The third kappa shape index (κ3) is 41.9. The van der Waals surface area contributed by atoms with E-state index < -0.39 is 79.0 Å². The van der Waals surface area contributed by atoms with Crippen LogP contribution in [0.1, 0.15) is 189 Å². The number of alkyl carbamates (subject to hydrolysis) is 4. The Kier molecular flexibility index (Phi) is 39.9. The molecule has 0 spiro atoms. The molecule has 0 bridgehead atoms. The highest BCUT2D eigenvalue weighted by atomic mass is 127. The molecule has 1 heterocycles. The van der Waals surface area contributed by atoms with Gasteiger partial charge in [0.1, 0.15) is 30.5 Å². The van der Waals surface area contributed by atoms with Crippen molar-refractivity contribution in [3.05, 3.63) is 276 Å². The summed E-state index contributed by atoms with van der Waals surface area (Å²) in [6.45, 7) is 36.1. The summed E-state index contributed by atoms with van der Waals surface area (Å²) in [5.41, 5.74) is 15.0. The predicted octanol–water partition coefficient (Wildman–Crippen LogP) is 19.5. The zero-order valence-corrected chi connectivity index (χ0v) is 79.3. The molecule has 1 aliphatic rings. The summed E-state index contributed by atoms with van der Waals surface area (Å²) < 4.78 is 22.1. The number of nitrogens with zero attached hydrogens (tertiary/aromatic N) is 1. The second-order valence-electron chi connectivity index (χ2n) is 34.3. The van der Waals surface area contributed by atoms with Gasteiger partial charge in [0.05, 0.1) is 24.2 Å². The molecule has 1 saturated heterocycles. The number of rotatable bonds is 17. The molecule has 21 heteroatoms. The molecule has 0 aromatic heterocycles. The van der Waals surface area contributed by atoms with Gasteiger partial charge >= 0.3 is 24.4 Å². The summed E-state index contributed by atoms with van der Waals surface area (Å²) in [6.07, 6.45) is 4.61. The molecule has 4 unspecified atom stereocenters. The summed E-state index contributed by atoms with van der Waals surface area (Å²) in [5.74, 6) is 33.1. The maximum atomic E-state index is 12.1. The Morgan fingerprint density at radius 2 is 0.548 bits per heavy atom. The third-order valence-electron chi connectivity index (χ3n) is 17.3. The fraction of sp³-hybridized carbons (Fsp3) is 0.340. The zero-order chi connectivity index (χ0) is 91.4. The summed E-state index contributed by atoms with van der Waals surface area (Å²) in [4.78, 5) is 97.9. The smallest absolute Gasteiger partial charge is 0.408 e. The number of hydrogen-bond acceptors (Lipinski definition) is 15. The number of Topliss-reactive ketones (excluding diaryl/α,β-unsaturated/α-hetero) is 4. The van der Waals surface area contributed by atoms with E-state index in [4.69, 9.17) is 25.4 Å². The molecule has 17 nitrogen and oxygen atoms in total. The second-order valence-corrected chi connectivity index (χ2v) is 43.0. The summed E-state index contributed by atoms with van der Waals surface area (Å²) in [7, 11) is 2.52. The summed E-state index contributed by atoms with van der Waals surface area (Å²) in [6, 6.07) is 60.2. The zero-order valence-electron chi connectivity index (χ0n) is 74.6. The van der Waals surface area contributed by atoms with E-state index in [0.29, 0.717) is 25.7 Å². The van der Waals surface area contributed by atoms with Gasteiger partial charge in [-0.15, -0.1) is 12.0 Å². The van der Waals surface area contributed by atoms with E-state index in [1.807, 2.05) is 191 Å². The highest BCUT2D eigenvalue weighted by molar-refractivity contribution is 14.1. The lowest BCUT2D eigenvalue weighted by Crippen LogP contribution is -2.43. The van der Waals surface area contributed by atoms with Crippen molar-refractivity contribution in [1.82, 2.24) is 21.3 Å².